The first-order valence-corrected chi connectivity index (χ1v) is 11.8. The number of nitrogens with zero attached hydrogens (tertiary/aromatic N) is 3. The van der Waals surface area contributed by atoms with E-state index in [2.05, 4.69) is 10.4 Å². The highest BCUT2D eigenvalue weighted by atomic mass is 32.2. The van der Waals surface area contributed by atoms with E-state index < -0.39 is 9.84 Å². The molecule has 1 saturated heterocycles. The second-order valence-electron chi connectivity index (χ2n) is 8.10. The Hall–Kier alpha value is -2.81. The first kappa shape index (κ1) is 19.2. The zero-order valence-corrected chi connectivity index (χ0v) is 17.2. The van der Waals surface area contributed by atoms with Crippen LogP contribution in [0.25, 0.3) is 22.3 Å². The molecule has 1 amide bonds. The van der Waals surface area contributed by atoms with Gasteiger partial charge in [0.05, 0.1) is 39.9 Å². The fourth-order valence-electron chi connectivity index (χ4n) is 3.97. The van der Waals surface area contributed by atoms with Gasteiger partial charge in [-0.05, 0) is 56.5 Å². The van der Waals surface area contributed by atoms with Crippen LogP contribution in [0, 0.1) is 12.7 Å². The van der Waals surface area contributed by atoms with Gasteiger partial charge >= 0.3 is 0 Å². The lowest BCUT2D eigenvalue weighted by atomic mass is 10.0. The van der Waals surface area contributed by atoms with E-state index in [0.29, 0.717) is 40.0 Å². The number of halogens is 1. The number of aromatic nitrogens is 3. The highest BCUT2D eigenvalue weighted by Crippen LogP contribution is 2.32. The molecule has 5 rings (SSSR count). The highest BCUT2D eigenvalue weighted by molar-refractivity contribution is 7.91. The smallest absolute Gasteiger partial charge is 0.252 e. The van der Waals surface area contributed by atoms with E-state index in [1.54, 1.807) is 29.8 Å². The third-order valence-electron chi connectivity index (χ3n) is 5.69. The average Bonchev–Trinajstić information content (AvgIpc) is 3.36. The molecule has 3 heterocycles. The van der Waals surface area contributed by atoms with Gasteiger partial charge in [-0.1, -0.05) is 0 Å². The number of sulfone groups is 1. The Morgan fingerprint density at radius 2 is 1.93 bits per heavy atom. The Labute approximate surface area is 173 Å². The standard InChI is InChI=1S/C21H21FN4O3S/c1-12-19-17(21(27)23-15-6-7-15)10-18(13-2-4-14(22)5-3-13)24-20(19)26(25-12)16-8-9-30(28,29)11-16/h2-5,10,15-16H,6-9,11H2,1H3,(H,23,27)/t16-/m1/s1. The topological polar surface area (TPSA) is 93.9 Å². The van der Waals surface area contributed by atoms with Gasteiger partial charge in [-0.15, -0.1) is 0 Å². The van der Waals surface area contributed by atoms with Crippen LogP contribution in [0.4, 0.5) is 4.39 Å². The molecule has 3 aromatic rings. The third kappa shape index (κ3) is 3.47. The molecule has 0 unspecified atom stereocenters. The summed E-state index contributed by atoms with van der Waals surface area (Å²) >= 11 is 0. The van der Waals surface area contributed by atoms with E-state index in [4.69, 9.17) is 4.98 Å². The number of carbonyl (C=O) groups excluding carboxylic acids is 1. The van der Waals surface area contributed by atoms with E-state index >= 15 is 0 Å². The van der Waals surface area contributed by atoms with Crippen LogP contribution >= 0.6 is 0 Å². The van der Waals surface area contributed by atoms with Crippen LogP contribution in [0.3, 0.4) is 0 Å². The SMILES string of the molecule is Cc1nn([C@@H]2CCS(=O)(=O)C2)c2nc(-c3ccc(F)cc3)cc(C(=O)NC3CC3)c12. The van der Waals surface area contributed by atoms with Gasteiger partial charge in [-0.25, -0.2) is 22.5 Å². The van der Waals surface area contributed by atoms with Crippen molar-refractivity contribution in [3.63, 3.8) is 0 Å². The van der Waals surface area contributed by atoms with E-state index in [0.717, 1.165) is 12.8 Å². The molecule has 1 aromatic carbocycles. The molecule has 1 aliphatic carbocycles. The lowest BCUT2D eigenvalue weighted by Crippen LogP contribution is -2.25. The number of amides is 1. The number of pyridine rings is 1. The molecule has 156 valence electrons. The van der Waals surface area contributed by atoms with Gasteiger partial charge in [-0.3, -0.25) is 4.79 Å². The van der Waals surface area contributed by atoms with Gasteiger partial charge in [0.25, 0.3) is 5.91 Å². The van der Waals surface area contributed by atoms with Gasteiger partial charge in [0.1, 0.15) is 5.82 Å². The molecule has 9 heteroatoms. The van der Waals surface area contributed by atoms with Crippen molar-refractivity contribution in [3.05, 3.63) is 47.4 Å². The van der Waals surface area contributed by atoms with Crippen LogP contribution in [-0.4, -0.2) is 46.6 Å². The van der Waals surface area contributed by atoms with Crippen molar-refractivity contribution >= 4 is 26.8 Å². The molecule has 1 atom stereocenters. The largest absolute Gasteiger partial charge is 0.349 e. The van der Waals surface area contributed by atoms with E-state index in [9.17, 15) is 17.6 Å². The first-order chi connectivity index (χ1) is 14.3. The van der Waals surface area contributed by atoms with Crippen LogP contribution in [-0.2, 0) is 9.84 Å². The van der Waals surface area contributed by atoms with Gasteiger partial charge in [0.15, 0.2) is 15.5 Å². The maximum atomic E-state index is 13.4. The molecule has 0 radical (unpaired) electrons. The summed E-state index contributed by atoms with van der Waals surface area (Å²) in [6.07, 6.45) is 2.39. The Balaban J connectivity index is 1.70. The maximum Gasteiger partial charge on any atom is 0.252 e. The van der Waals surface area contributed by atoms with Crippen LogP contribution in [0.1, 0.15) is 41.4 Å². The van der Waals surface area contributed by atoms with Crippen LogP contribution in [0.15, 0.2) is 30.3 Å². The van der Waals surface area contributed by atoms with Crippen molar-refractivity contribution < 1.29 is 17.6 Å². The summed E-state index contributed by atoms with van der Waals surface area (Å²) in [5.74, 6) is -0.432. The monoisotopic (exact) mass is 428 g/mol. The van der Waals surface area contributed by atoms with Crippen molar-refractivity contribution in [1.29, 1.82) is 0 Å². The molecular formula is C21H21FN4O3S. The summed E-state index contributed by atoms with van der Waals surface area (Å²) < 4.78 is 39.1. The first-order valence-electron chi connectivity index (χ1n) is 9.98. The molecular weight excluding hydrogens is 407 g/mol. The Bertz CT molecular complexity index is 1260. The van der Waals surface area contributed by atoms with Crippen molar-refractivity contribution in [2.24, 2.45) is 0 Å². The van der Waals surface area contributed by atoms with Crippen molar-refractivity contribution in [2.45, 2.75) is 38.3 Å². The zero-order chi connectivity index (χ0) is 21.0. The van der Waals surface area contributed by atoms with Crippen LogP contribution in [0.2, 0.25) is 0 Å². The normalized spacial score (nSPS) is 20.5. The quantitative estimate of drug-likeness (QED) is 0.690. The summed E-state index contributed by atoms with van der Waals surface area (Å²) in [5.41, 5.74) is 2.76. The minimum absolute atomic E-state index is 0.00921. The number of hydrogen-bond donors (Lipinski definition) is 1. The average molecular weight is 428 g/mol. The number of carbonyl (C=O) groups is 1. The summed E-state index contributed by atoms with van der Waals surface area (Å²) in [5, 5.41) is 8.21. The third-order valence-corrected chi connectivity index (χ3v) is 7.44. The molecule has 7 nitrogen and oxygen atoms in total. The number of hydrogen-bond acceptors (Lipinski definition) is 5. The summed E-state index contributed by atoms with van der Waals surface area (Å²) in [4.78, 5) is 17.7. The number of rotatable bonds is 4. The van der Waals surface area contributed by atoms with E-state index in [1.165, 1.54) is 12.1 Å². The van der Waals surface area contributed by atoms with Gasteiger partial charge < -0.3 is 5.32 Å². The van der Waals surface area contributed by atoms with Crippen LogP contribution in [0.5, 0.6) is 0 Å². The predicted molar refractivity (Wildman–Crippen MR) is 110 cm³/mol. The van der Waals surface area contributed by atoms with E-state index in [-0.39, 0.29) is 35.3 Å². The van der Waals surface area contributed by atoms with Crippen LogP contribution < -0.4 is 5.32 Å². The number of fused-ring (bicyclic) bond motifs is 1. The molecule has 0 spiro atoms. The second-order valence-corrected chi connectivity index (χ2v) is 10.3. The fraction of sp³-hybridized carbons (Fsp3) is 0.381. The lowest BCUT2D eigenvalue weighted by Gasteiger charge is -2.12. The summed E-state index contributed by atoms with van der Waals surface area (Å²) in [7, 11) is -3.11. The Morgan fingerprint density at radius 1 is 1.20 bits per heavy atom. The molecule has 1 N–H and O–H groups in total. The van der Waals surface area contributed by atoms with Crippen molar-refractivity contribution in [2.75, 3.05) is 11.5 Å². The molecule has 1 aliphatic heterocycles. The van der Waals surface area contributed by atoms with Crippen molar-refractivity contribution in [1.82, 2.24) is 20.1 Å². The number of aryl methyl sites for hydroxylation is 1. The summed E-state index contributed by atoms with van der Waals surface area (Å²) in [6.45, 7) is 1.80. The lowest BCUT2D eigenvalue weighted by molar-refractivity contribution is 0.0952. The maximum absolute atomic E-state index is 13.4. The Morgan fingerprint density at radius 3 is 2.57 bits per heavy atom. The summed E-state index contributed by atoms with van der Waals surface area (Å²) in [6, 6.07) is 7.48. The van der Waals surface area contributed by atoms with Gasteiger partial charge in [-0.2, -0.15) is 5.10 Å². The molecule has 2 fully saturated rings. The van der Waals surface area contributed by atoms with Gasteiger partial charge in [0.2, 0.25) is 0 Å². The minimum atomic E-state index is -3.11. The Kier molecular flexibility index (Phi) is 4.39. The minimum Gasteiger partial charge on any atom is -0.349 e. The molecule has 2 aliphatic rings. The van der Waals surface area contributed by atoms with E-state index in [1.807, 2.05) is 0 Å². The highest BCUT2D eigenvalue weighted by Gasteiger charge is 2.33. The fourth-order valence-corrected chi connectivity index (χ4v) is 5.67. The molecule has 0 bridgehead atoms. The van der Waals surface area contributed by atoms with Gasteiger partial charge in [0, 0.05) is 11.6 Å². The molecule has 1 saturated carbocycles. The van der Waals surface area contributed by atoms with Crippen molar-refractivity contribution in [3.8, 4) is 11.3 Å². The molecule has 30 heavy (non-hydrogen) atoms. The number of benzene rings is 1. The zero-order valence-electron chi connectivity index (χ0n) is 16.4. The number of nitrogens with one attached hydrogen (secondary N) is 1. The predicted octanol–water partition coefficient (Wildman–Crippen LogP) is 2.80. The second kappa shape index (κ2) is 6.87. The molecule has 2 aromatic heterocycles.